The Labute approximate surface area is 168 Å². The van der Waals surface area contributed by atoms with Gasteiger partial charge in [0.2, 0.25) is 11.9 Å². The van der Waals surface area contributed by atoms with E-state index in [1.54, 1.807) is 6.20 Å². The molecule has 1 aliphatic rings. The van der Waals surface area contributed by atoms with Crippen molar-refractivity contribution in [3.05, 3.63) is 55.0 Å². The van der Waals surface area contributed by atoms with Crippen molar-refractivity contribution in [3.63, 3.8) is 0 Å². The largest absolute Gasteiger partial charge is 0.354 e. The van der Waals surface area contributed by atoms with Crippen LogP contribution in [0, 0.1) is 12.3 Å². The highest BCUT2D eigenvalue weighted by molar-refractivity contribution is 6.01. The van der Waals surface area contributed by atoms with E-state index in [2.05, 4.69) is 48.2 Å². The average molecular weight is 385 g/mol. The molecule has 0 radical (unpaired) electrons. The number of nitrogens with one attached hydrogen (secondary N) is 2. The Morgan fingerprint density at radius 1 is 1.31 bits per heavy atom. The van der Waals surface area contributed by atoms with Crippen LogP contribution in [0.5, 0.6) is 0 Å². The van der Waals surface area contributed by atoms with Crippen molar-refractivity contribution in [3.8, 4) is 12.3 Å². The first-order valence-electron chi connectivity index (χ1n) is 9.16. The van der Waals surface area contributed by atoms with Crippen molar-refractivity contribution in [2.75, 3.05) is 28.6 Å². The number of pyridine rings is 1. The van der Waals surface area contributed by atoms with Gasteiger partial charge in [0.25, 0.3) is 0 Å². The number of carbonyl (C=O) groups is 1. The molecule has 2 aromatic heterocycles. The van der Waals surface area contributed by atoms with Gasteiger partial charge in [-0.1, -0.05) is 6.58 Å². The molecule has 1 aliphatic heterocycles. The second-order valence-corrected chi connectivity index (χ2v) is 6.65. The lowest BCUT2D eigenvalue weighted by Crippen LogP contribution is -2.27. The van der Waals surface area contributed by atoms with Crippen molar-refractivity contribution >= 4 is 34.1 Å². The standard InChI is InChI=1S/C21H19N7O/c1-3-15-12-23-21(27-26-15)25-17-8-10-28(13-17)20-18-6-5-16(24-19(29)4-2)11-14(18)7-9-22-20/h1,4-7,9,11-12,17H,2,8,10,13H2,(H,24,29)(H,23,25,27). The van der Waals surface area contributed by atoms with Gasteiger partial charge in [-0.25, -0.2) is 9.97 Å². The number of terminal acetylenes is 1. The van der Waals surface area contributed by atoms with Gasteiger partial charge in [-0.2, -0.15) is 0 Å². The summed E-state index contributed by atoms with van der Waals surface area (Å²) in [5.74, 6) is 3.54. The number of benzene rings is 1. The second kappa shape index (κ2) is 7.94. The molecule has 1 fully saturated rings. The molecule has 8 nitrogen and oxygen atoms in total. The summed E-state index contributed by atoms with van der Waals surface area (Å²) in [5, 5.41) is 16.0. The second-order valence-electron chi connectivity index (χ2n) is 6.65. The molecule has 1 amide bonds. The summed E-state index contributed by atoms with van der Waals surface area (Å²) in [5.41, 5.74) is 1.13. The van der Waals surface area contributed by atoms with Gasteiger partial charge in [0.05, 0.1) is 6.20 Å². The monoisotopic (exact) mass is 385 g/mol. The highest BCUT2D eigenvalue weighted by atomic mass is 16.1. The number of hydrogen-bond donors (Lipinski definition) is 2. The zero-order valence-electron chi connectivity index (χ0n) is 15.7. The Bertz CT molecular complexity index is 1100. The summed E-state index contributed by atoms with van der Waals surface area (Å²) in [6.07, 6.45) is 10.8. The highest BCUT2D eigenvalue weighted by Crippen LogP contribution is 2.29. The maximum atomic E-state index is 11.5. The number of nitrogens with zero attached hydrogens (tertiary/aromatic N) is 5. The molecule has 1 atom stereocenters. The van der Waals surface area contributed by atoms with Crippen molar-refractivity contribution in [2.45, 2.75) is 12.5 Å². The van der Waals surface area contributed by atoms with E-state index in [1.807, 2.05) is 24.3 Å². The molecule has 0 spiro atoms. The van der Waals surface area contributed by atoms with Crippen molar-refractivity contribution < 1.29 is 4.79 Å². The fraction of sp³-hybridized carbons (Fsp3) is 0.190. The normalized spacial score (nSPS) is 15.7. The number of amides is 1. The van der Waals surface area contributed by atoms with Crippen LogP contribution >= 0.6 is 0 Å². The number of aromatic nitrogens is 4. The quantitative estimate of drug-likeness (QED) is 0.513. The minimum Gasteiger partial charge on any atom is -0.354 e. The number of hydrogen-bond acceptors (Lipinski definition) is 7. The number of rotatable bonds is 5. The molecule has 0 aliphatic carbocycles. The molecular formula is C21H19N7O. The third-order valence-corrected chi connectivity index (χ3v) is 4.73. The van der Waals surface area contributed by atoms with Crippen LogP contribution < -0.4 is 15.5 Å². The van der Waals surface area contributed by atoms with Gasteiger partial charge in [0, 0.05) is 36.4 Å². The van der Waals surface area contributed by atoms with E-state index in [4.69, 9.17) is 6.42 Å². The molecule has 8 heteroatoms. The highest BCUT2D eigenvalue weighted by Gasteiger charge is 2.25. The van der Waals surface area contributed by atoms with E-state index >= 15 is 0 Å². The Morgan fingerprint density at radius 3 is 2.97 bits per heavy atom. The molecule has 0 saturated carbocycles. The van der Waals surface area contributed by atoms with Crippen LogP contribution in [0.2, 0.25) is 0 Å². The van der Waals surface area contributed by atoms with E-state index in [0.29, 0.717) is 11.6 Å². The first-order chi connectivity index (χ1) is 14.2. The van der Waals surface area contributed by atoms with E-state index in [0.717, 1.165) is 41.8 Å². The molecule has 3 aromatic rings. The summed E-state index contributed by atoms with van der Waals surface area (Å²) < 4.78 is 0. The molecule has 144 valence electrons. The van der Waals surface area contributed by atoms with E-state index < -0.39 is 0 Å². The Morgan fingerprint density at radius 2 is 2.21 bits per heavy atom. The summed E-state index contributed by atoms with van der Waals surface area (Å²) in [4.78, 5) is 22.5. The Hall–Kier alpha value is -3.99. The minimum absolute atomic E-state index is 0.177. The van der Waals surface area contributed by atoms with Crippen LogP contribution in [0.1, 0.15) is 12.1 Å². The van der Waals surface area contributed by atoms with Gasteiger partial charge in [-0.15, -0.1) is 16.6 Å². The number of carbonyl (C=O) groups excluding carboxylic acids is 1. The van der Waals surface area contributed by atoms with Gasteiger partial charge < -0.3 is 15.5 Å². The lowest BCUT2D eigenvalue weighted by atomic mass is 10.1. The number of anilines is 3. The van der Waals surface area contributed by atoms with Crippen LogP contribution in [0.25, 0.3) is 10.8 Å². The van der Waals surface area contributed by atoms with Crippen LogP contribution in [0.15, 0.2) is 49.3 Å². The zero-order chi connectivity index (χ0) is 20.2. The molecule has 1 aromatic carbocycles. The van der Waals surface area contributed by atoms with Crippen LogP contribution in [-0.4, -0.2) is 45.2 Å². The molecule has 3 heterocycles. The van der Waals surface area contributed by atoms with Crippen LogP contribution in [-0.2, 0) is 4.79 Å². The van der Waals surface area contributed by atoms with Gasteiger partial charge in [-0.3, -0.25) is 4.79 Å². The van der Waals surface area contributed by atoms with E-state index in [-0.39, 0.29) is 11.9 Å². The molecule has 4 rings (SSSR count). The lowest BCUT2D eigenvalue weighted by molar-refractivity contribution is -0.111. The van der Waals surface area contributed by atoms with E-state index in [1.165, 1.54) is 12.3 Å². The predicted octanol–water partition coefficient (Wildman–Crippen LogP) is 2.22. The summed E-state index contributed by atoms with van der Waals surface area (Å²) in [6, 6.07) is 7.88. The van der Waals surface area contributed by atoms with Crippen LogP contribution in [0.4, 0.5) is 17.5 Å². The van der Waals surface area contributed by atoms with Crippen molar-refractivity contribution in [2.24, 2.45) is 0 Å². The van der Waals surface area contributed by atoms with Gasteiger partial charge >= 0.3 is 0 Å². The third kappa shape index (κ3) is 3.99. The third-order valence-electron chi connectivity index (χ3n) is 4.73. The predicted molar refractivity (Wildman–Crippen MR) is 113 cm³/mol. The first-order valence-corrected chi connectivity index (χ1v) is 9.16. The summed E-state index contributed by atoms with van der Waals surface area (Å²) in [6.45, 7) is 5.10. The number of fused-ring (bicyclic) bond motifs is 1. The topological polar surface area (TPSA) is 95.9 Å². The van der Waals surface area contributed by atoms with Gasteiger partial charge in [0.15, 0.2) is 5.69 Å². The average Bonchev–Trinajstić information content (AvgIpc) is 3.22. The SMILES string of the molecule is C#Cc1cnc(NC2CCN(c3nccc4cc(NC(=O)C=C)ccc34)C2)nn1. The summed E-state index contributed by atoms with van der Waals surface area (Å²) in [7, 11) is 0. The van der Waals surface area contributed by atoms with E-state index in [9.17, 15) is 4.79 Å². The molecular weight excluding hydrogens is 366 g/mol. The smallest absolute Gasteiger partial charge is 0.247 e. The summed E-state index contributed by atoms with van der Waals surface area (Å²) >= 11 is 0. The molecule has 1 saturated heterocycles. The van der Waals surface area contributed by atoms with Crippen molar-refractivity contribution in [1.82, 2.24) is 20.2 Å². The fourth-order valence-corrected chi connectivity index (χ4v) is 3.35. The molecule has 0 bridgehead atoms. The minimum atomic E-state index is -0.237. The van der Waals surface area contributed by atoms with Gasteiger partial charge in [0.1, 0.15) is 5.82 Å². The Kier molecular flexibility index (Phi) is 5.03. The lowest BCUT2D eigenvalue weighted by Gasteiger charge is -2.20. The maximum absolute atomic E-state index is 11.5. The zero-order valence-corrected chi connectivity index (χ0v) is 15.7. The molecule has 1 unspecified atom stereocenters. The maximum Gasteiger partial charge on any atom is 0.247 e. The Balaban J connectivity index is 1.50. The van der Waals surface area contributed by atoms with Crippen molar-refractivity contribution in [1.29, 1.82) is 0 Å². The van der Waals surface area contributed by atoms with Gasteiger partial charge in [-0.05, 0) is 48.1 Å². The first kappa shape index (κ1) is 18.4. The fourth-order valence-electron chi connectivity index (χ4n) is 3.35. The molecule has 29 heavy (non-hydrogen) atoms. The molecule has 2 N–H and O–H groups in total. The van der Waals surface area contributed by atoms with Crippen LogP contribution in [0.3, 0.4) is 0 Å².